The number of sulfonamides is 1. The lowest BCUT2D eigenvalue weighted by Crippen LogP contribution is -2.29. The molecule has 0 aliphatic rings. The Bertz CT molecular complexity index is 1000. The van der Waals surface area contributed by atoms with E-state index in [1.165, 1.54) is 31.2 Å². The number of carboxylic acids is 1. The van der Waals surface area contributed by atoms with Crippen molar-refractivity contribution < 1.29 is 36.2 Å². The summed E-state index contributed by atoms with van der Waals surface area (Å²) in [5, 5.41) is 8.13. The lowest BCUT2D eigenvalue weighted by Gasteiger charge is -2.20. The van der Waals surface area contributed by atoms with Crippen molar-refractivity contribution in [3.63, 3.8) is 0 Å². The summed E-state index contributed by atoms with van der Waals surface area (Å²) in [6.07, 6.45) is -4.64. The Labute approximate surface area is 172 Å². The summed E-state index contributed by atoms with van der Waals surface area (Å²) < 4.78 is 72.1. The Balaban J connectivity index is 2.33. The van der Waals surface area contributed by atoms with Crippen LogP contribution in [0.1, 0.15) is 42.3 Å². The Morgan fingerprint density at radius 1 is 1.10 bits per heavy atom. The van der Waals surface area contributed by atoms with Gasteiger partial charge in [0.25, 0.3) is 0 Å². The van der Waals surface area contributed by atoms with Crippen molar-refractivity contribution >= 4 is 21.7 Å². The number of carboxylic acid groups (broad SMARTS) is 1. The highest BCUT2D eigenvalue weighted by molar-refractivity contribution is 7.93. The molecule has 164 valence electrons. The van der Waals surface area contributed by atoms with Crippen LogP contribution in [0.2, 0.25) is 0 Å². The molecular weight excluding hydrogens is 423 g/mol. The lowest BCUT2D eigenvalue weighted by molar-refractivity contribution is -0.137. The number of alkyl halides is 3. The monoisotopic (exact) mass is 445 g/mol. The number of ether oxygens (including phenoxy) is 1. The lowest BCUT2D eigenvalue weighted by atomic mass is 10.1. The third kappa shape index (κ3) is 5.88. The molecule has 0 saturated carbocycles. The van der Waals surface area contributed by atoms with E-state index in [2.05, 4.69) is 4.72 Å². The summed E-state index contributed by atoms with van der Waals surface area (Å²) >= 11 is 0. The van der Waals surface area contributed by atoms with Gasteiger partial charge >= 0.3 is 12.1 Å². The molecule has 2 aromatic carbocycles. The zero-order chi connectivity index (χ0) is 22.7. The zero-order valence-corrected chi connectivity index (χ0v) is 17.3. The molecule has 1 atom stereocenters. The molecule has 0 saturated heterocycles. The van der Waals surface area contributed by atoms with Gasteiger partial charge in [-0.25, -0.2) is 13.2 Å². The SMILES string of the molecule is CC(C)C(C)S(=O)(=O)Nc1ccc(C(F)(F)F)cc1OCc1ccc(C(=O)O)cc1. The highest BCUT2D eigenvalue weighted by atomic mass is 32.2. The molecule has 0 bridgehead atoms. The van der Waals surface area contributed by atoms with E-state index >= 15 is 0 Å². The van der Waals surface area contributed by atoms with Gasteiger partial charge < -0.3 is 9.84 Å². The zero-order valence-electron chi connectivity index (χ0n) is 16.5. The fraction of sp³-hybridized carbons (Fsp3) is 0.350. The van der Waals surface area contributed by atoms with Gasteiger partial charge in [-0.15, -0.1) is 0 Å². The van der Waals surface area contributed by atoms with Crippen LogP contribution in [0.3, 0.4) is 0 Å². The second-order valence-electron chi connectivity index (χ2n) is 7.10. The van der Waals surface area contributed by atoms with Crippen LogP contribution < -0.4 is 9.46 Å². The minimum absolute atomic E-state index is 0.0499. The van der Waals surface area contributed by atoms with Crippen molar-refractivity contribution in [3.05, 3.63) is 59.2 Å². The summed E-state index contributed by atoms with van der Waals surface area (Å²) in [5.41, 5.74) is -0.549. The minimum Gasteiger partial charge on any atom is -0.487 e. The van der Waals surface area contributed by atoms with Crippen molar-refractivity contribution in [2.45, 2.75) is 38.8 Å². The van der Waals surface area contributed by atoms with Gasteiger partial charge in [-0.3, -0.25) is 4.72 Å². The molecule has 1 unspecified atom stereocenters. The third-order valence-corrected chi connectivity index (χ3v) is 6.61. The Morgan fingerprint density at radius 3 is 2.20 bits per heavy atom. The number of rotatable bonds is 8. The number of benzene rings is 2. The van der Waals surface area contributed by atoms with Crippen molar-refractivity contribution in [3.8, 4) is 5.75 Å². The second kappa shape index (κ2) is 8.95. The molecule has 6 nitrogen and oxygen atoms in total. The van der Waals surface area contributed by atoms with Crippen LogP contribution in [0.5, 0.6) is 5.75 Å². The Kier molecular flexibility index (Phi) is 7.02. The van der Waals surface area contributed by atoms with Gasteiger partial charge in [-0.1, -0.05) is 26.0 Å². The van der Waals surface area contributed by atoms with Gasteiger partial charge in [-0.2, -0.15) is 13.2 Å². The number of carbonyl (C=O) groups is 1. The van der Waals surface area contributed by atoms with Gasteiger partial charge in [0, 0.05) is 0 Å². The third-order valence-electron chi connectivity index (χ3n) is 4.58. The van der Waals surface area contributed by atoms with Gasteiger partial charge in [0.1, 0.15) is 12.4 Å². The highest BCUT2D eigenvalue weighted by Crippen LogP contribution is 2.36. The molecule has 0 fully saturated rings. The fourth-order valence-electron chi connectivity index (χ4n) is 2.41. The second-order valence-corrected chi connectivity index (χ2v) is 9.13. The van der Waals surface area contributed by atoms with E-state index in [9.17, 15) is 26.4 Å². The quantitative estimate of drug-likeness (QED) is 0.611. The molecule has 0 amide bonds. The van der Waals surface area contributed by atoms with Gasteiger partial charge in [0.05, 0.1) is 22.1 Å². The van der Waals surface area contributed by atoms with Crippen LogP contribution in [-0.4, -0.2) is 24.7 Å². The minimum atomic E-state index is -4.64. The summed E-state index contributed by atoms with van der Waals surface area (Å²) in [7, 11) is -3.86. The summed E-state index contributed by atoms with van der Waals surface area (Å²) in [4.78, 5) is 10.9. The van der Waals surface area contributed by atoms with Crippen LogP contribution in [-0.2, 0) is 22.8 Å². The van der Waals surface area contributed by atoms with E-state index < -0.39 is 33.0 Å². The maximum atomic E-state index is 13.1. The van der Waals surface area contributed by atoms with Gasteiger partial charge in [-0.05, 0) is 48.7 Å². The normalized spacial score (nSPS) is 13.2. The number of anilines is 1. The molecular formula is C20H22F3NO5S. The van der Waals surface area contributed by atoms with Crippen LogP contribution in [0, 0.1) is 5.92 Å². The topological polar surface area (TPSA) is 92.7 Å². The Hall–Kier alpha value is -2.75. The average molecular weight is 445 g/mol. The first-order valence-electron chi connectivity index (χ1n) is 8.99. The van der Waals surface area contributed by atoms with E-state index in [1.54, 1.807) is 13.8 Å². The number of nitrogens with one attached hydrogen (secondary N) is 1. The molecule has 2 aromatic rings. The highest BCUT2D eigenvalue weighted by Gasteiger charge is 2.32. The fourth-order valence-corrected chi connectivity index (χ4v) is 3.79. The van der Waals surface area contributed by atoms with Crippen molar-refractivity contribution in [1.29, 1.82) is 0 Å². The number of hydrogen-bond acceptors (Lipinski definition) is 4. The van der Waals surface area contributed by atoms with Crippen LogP contribution in [0.4, 0.5) is 18.9 Å². The summed E-state index contributed by atoms with van der Waals surface area (Å²) in [5.74, 6) is -1.61. The molecule has 30 heavy (non-hydrogen) atoms. The van der Waals surface area contributed by atoms with E-state index in [1.807, 2.05) is 0 Å². The molecule has 0 aliphatic carbocycles. The molecule has 0 spiro atoms. The number of hydrogen-bond donors (Lipinski definition) is 2. The first-order valence-corrected chi connectivity index (χ1v) is 10.5. The smallest absolute Gasteiger partial charge is 0.416 e. The predicted octanol–water partition coefficient (Wildman–Crippen LogP) is 4.77. The summed E-state index contributed by atoms with van der Waals surface area (Å²) in [6.45, 7) is 4.75. The van der Waals surface area contributed by atoms with Gasteiger partial charge in [0.15, 0.2) is 0 Å². The number of halogens is 3. The van der Waals surface area contributed by atoms with Crippen LogP contribution in [0.25, 0.3) is 0 Å². The molecule has 2 N–H and O–H groups in total. The number of aromatic carboxylic acids is 1. The standard InChI is InChI=1S/C20H22F3NO5S/c1-12(2)13(3)30(27,28)24-17-9-8-16(20(21,22)23)10-18(17)29-11-14-4-6-15(7-5-14)19(25)26/h4-10,12-13,24H,11H2,1-3H3,(H,25,26). The molecule has 0 aromatic heterocycles. The van der Waals surface area contributed by atoms with Crippen LogP contribution in [0.15, 0.2) is 42.5 Å². The van der Waals surface area contributed by atoms with E-state index in [-0.39, 0.29) is 29.5 Å². The maximum Gasteiger partial charge on any atom is 0.416 e. The molecule has 0 heterocycles. The molecule has 10 heteroatoms. The molecule has 2 rings (SSSR count). The largest absolute Gasteiger partial charge is 0.487 e. The van der Waals surface area contributed by atoms with E-state index in [0.29, 0.717) is 5.56 Å². The maximum absolute atomic E-state index is 13.1. The first-order chi connectivity index (χ1) is 13.8. The van der Waals surface area contributed by atoms with E-state index in [0.717, 1.165) is 18.2 Å². The summed E-state index contributed by atoms with van der Waals surface area (Å²) in [6, 6.07) is 8.10. The molecule has 0 aliphatic heterocycles. The Morgan fingerprint density at radius 2 is 1.70 bits per heavy atom. The van der Waals surface area contributed by atoms with Crippen LogP contribution >= 0.6 is 0 Å². The van der Waals surface area contributed by atoms with E-state index in [4.69, 9.17) is 9.84 Å². The van der Waals surface area contributed by atoms with Gasteiger partial charge in [0.2, 0.25) is 10.0 Å². The van der Waals surface area contributed by atoms with Crippen molar-refractivity contribution in [2.75, 3.05) is 4.72 Å². The predicted molar refractivity (Wildman–Crippen MR) is 106 cm³/mol. The van der Waals surface area contributed by atoms with Crippen molar-refractivity contribution in [1.82, 2.24) is 0 Å². The average Bonchev–Trinajstić information content (AvgIpc) is 2.65. The first kappa shape index (κ1) is 23.5. The van der Waals surface area contributed by atoms with Crippen molar-refractivity contribution in [2.24, 2.45) is 5.92 Å². The molecule has 0 radical (unpaired) electrons.